The van der Waals surface area contributed by atoms with Crippen LogP contribution >= 0.6 is 0 Å². The average Bonchev–Trinajstić information content (AvgIpc) is 3.63. The largest absolute Gasteiger partial charge is 0.488 e. The van der Waals surface area contributed by atoms with Gasteiger partial charge in [-0.3, -0.25) is 9.59 Å². The normalized spacial score (nSPS) is 12.3. The number of carbonyl (C=O) groups excluding carboxylic acids is 2. The lowest BCUT2D eigenvalue weighted by molar-refractivity contribution is 0.0950. The van der Waals surface area contributed by atoms with Crippen molar-refractivity contribution in [2.45, 2.75) is 12.8 Å². The highest BCUT2D eigenvalue weighted by atomic mass is 16.4. The van der Waals surface area contributed by atoms with Gasteiger partial charge < -0.3 is 21.1 Å². The molecule has 0 radical (unpaired) electrons. The standard InChI is InChI=1S/C13H11NO.C11H14BNO3/c14-13(15)12-8-6-11(7-9-12)10-4-2-1-3-5-10;14-11(13-7-8-1-2-8)9-3-5-10(6-4-9)12(15)16/h1-9H,(H2,14,15);3-6,8,15-16H,1-2,7H2,(H,13,14). The van der Waals surface area contributed by atoms with Crippen LogP contribution in [0.3, 0.4) is 0 Å². The molecule has 5 N–H and O–H groups in total. The minimum absolute atomic E-state index is 0.106. The maximum Gasteiger partial charge on any atom is 0.488 e. The third kappa shape index (κ3) is 6.81. The van der Waals surface area contributed by atoms with Gasteiger partial charge in [0.15, 0.2) is 0 Å². The summed E-state index contributed by atoms with van der Waals surface area (Å²) in [6.07, 6.45) is 2.41. The van der Waals surface area contributed by atoms with E-state index in [2.05, 4.69) is 5.32 Å². The Labute approximate surface area is 181 Å². The summed E-state index contributed by atoms with van der Waals surface area (Å²) in [5.74, 6) is 0.156. The summed E-state index contributed by atoms with van der Waals surface area (Å²) < 4.78 is 0. The number of primary amides is 1. The van der Waals surface area contributed by atoms with E-state index in [1.807, 2.05) is 42.5 Å². The highest BCUT2D eigenvalue weighted by Gasteiger charge is 2.22. The second-order valence-electron chi connectivity index (χ2n) is 7.46. The summed E-state index contributed by atoms with van der Waals surface area (Å²) in [6, 6.07) is 23.5. The number of hydrogen-bond donors (Lipinski definition) is 4. The first-order valence-corrected chi connectivity index (χ1v) is 10.1. The molecule has 0 aliphatic heterocycles. The van der Waals surface area contributed by atoms with Crippen LogP contribution in [0.2, 0.25) is 0 Å². The molecule has 1 saturated carbocycles. The molecule has 0 bridgehead atoms. The zero-order valence-corrected chi connectivity index (χ0v) is 17.1. The Kier molecular flexibility index (Phi) is 7.59. The monoisotopic (exact) mass is 416 g/mol. The fraction of sp³-hybridized carbons (Fsp3) is 0.167. The number of hydrogen-bond acceptors (Lipinski definition) is 4. The topological polar surface area (TPSA) is 113 Å². The van der Waals surface area contributed by atoms with Crippen LogP contribution in [0.5, 0.6) is 0 Å². The van der Waals surface area contributed by atoms with Crippen molar-refractivity contribution >= 4 is 24.4 Å². The molecular weight excluding hydrogens is 391 g/mol. The van der Waals surface area contributed by atoms with E-state index in [4.69, 9.17) is 15.8 Å². The lowest BCUT2D eigenvalue weighted by atomic mass is 9.80. The predicted molar refractivity (Wildman–Crippen MR) is 122 cm³/mol. The zero-order chi connectivity index (χ0) is 22.2. The molecule has 7 heteroatoms. The van der Waals surface area contributed by atoms with E-state index < -0.39 is 13.0 Å². The van der Waals surface area contributed by atoms with Crippen molar-refractivity contribution in [2.24, 2.45) is 11.7 Å². The first kappa shape index (κ1) is 22.3. The lowest BCUT2D eigenvalue weighted by Crippen LogP contribution is -2.30. The molecule has 0 unspecified atom stereocenters. The van der Waals surface area contributed by atoms with Gasteiger partial charge in [0.2, 0.25) is 5.91 Å². The fourth-order valence-electron chi connectivity index (χ4n) is 2.93. The molecule has 1 aliphatic rings. The number of amides is 2. The second kappa shape index (κ2) is 10.6. The van der Waals surface area contributed by atoms with Crippen LogP contribution < -0.4 is 16.5 Å². The van der Waals surface area contributed by atoms with E-state index in [0.29, 0.717) is 22.5 Å². The Morgan fingerprint density at radius 1 is 0.839 bits per heavy atom. The molecule has 3 aromatic carbocycles. The fourth-order valence-corrected chi connectivity index (χ4v) is 2.93. The van der Waals surface area contributed by atoms with Crippen molar-refractivity contribution < 1.29 is 19.6 Å². The maximum atomic E-state index is 11.6. The quantitative estimate of drug-likeness (QED) is 0.460. The summed E-state index contributed by atoms with van der Waals surface area (Å²) in [7, 11) is -1.48. The Hall–Kier alpha value is -3.42. The Morgan fingerprint density at radius 2 is 1.39 bits per heavy atom. The van der Waals surface area contributed by atoms with Crippen LogP contribution in [0.25, 0.3) is 11.1 Å². The first-order valence-electron chi connectivity index (χ1n) is 10.1. The molecular formula is C24H25BN2O4. The number of carbonyl (C=O) groups is 2. The van der Waals surface area contributed by atoms with Crippen molar-refractivity contribution in [3.63, 3.8) is 0 Å². The van der Waals surface area contributed by atoms with Crippen molar-refractivity contribution in [1.29, 1.82) is 0 Å². The molecule has 1 aliphatic carbocycles. The number of rotatable bonds is 6. The summed E-state index contributed by atoms with van der Waals surface area (Å²) in [6.45, 7) is 0.739. The van der Waals surface area contributed by atoms with Gasteiger partial charge in [-0.15, -0.1) is 0 Å². The van der Waals surface area contributed by atoms with Crippen molar-refractivity contribution in [2.75, 3.05) is 6.54 Å². The molecule has 158 valence electrons. The average molecular weight is 416 g/mol. The zero-order valence-electron chi connectivity index (χ0n) is 17.1. The van der Waals surface area contributed by atoms with Gasteiger partial charge in [-0.05, 0) is 59.6 Å². The highest BCUT2D eigenvalue weighted by molar-refractivity contribution is 6.58. The molecule has 6 nitrogen and oxygen atoms in total. The predicted octanol–water partition coefficient (Wildman–Crippen LogP) is 1.96. The van der Waals surface area contributed by atoms with Gasteiger partial charge in [-0.25, -0.2) is 0 Å². The lowest BCUT2D eigenvalue weighted by Gasteiger charge is -2.05. The third-order valence-corrected chi connectivity index (χ3v) is 5.00. The van der Waals surface area contributed by atoms with E-state index in [9.17, 15) is 9.59 Å². The van der Waals surface area contributed by atoms with Crippen LogP contribution in [-0.2, 0) is 0 Å². The van der Waals surface area contributed by atoms with Gasteiger partial charge >= 0.3 is 7.12 Å². The summed E-state index contributed by atoms with van der Waals surface area (Å²) >= 11 is 0. The van der Waals surface area contributed by atoms with Gasteiger partial charge in [0.1, 0.15) is 0 Å². The smallest absolute Gasteiger partial charge is 0.423 e. The molecule has 3 aromatic rings. The minimum Gasteiger partial charge on any atom is -0.423 e. The molecule has 0 saturated heterocycles. The maximum absolute atomic E-state index is 11.6. The Bertz CT molecular complexity index is 1000. The molecule has 0 heterocycles. The number of nitrogens with one attached hydrogen (secondary N) is 1. The van der Waals surface area contributed by atoms with Gasteiger partial charge in [0.05, 0.1) is 0 Å². The SMILES string of the molecule is NC(=O)c1ccc(-c2ccccc2)cc1.O=C(NCC1CC1)c1ccc(B(O)O)cc1. The van der Waals surface area contributed by atoms with E-state index in [1.54, 1.807) is 24.3 Å². The highest BCUT2D eigenvalue weighted by Crippen LogP contribution is 2.27. The molecule has 4 rings (SSSR count). The van der Waals surface area contributed by atoms with E-state index in [0.717, 1.165) is 17.7 Å². The van der Waals surface area contributed by atoms with Gasteiger partial charge in [0.25, 0.3) is 5.91 Å². The van der Waals surface area contributed by atoms with E-state index in [1.165, 1.54) is 25.0 Å². The molecule has 0 spiro atoms. The van der Waals surface area contributed by atoms with Crippen molar-refractivity contribution in [3.8, 4) is 11.1 Å². The van der Waals surface area contributed by atoms with Gasteiger partial charge in [-0.1, -0.05) is 54.6 Å². The van der Waals surface area contributed by atoms with Crippen LogP contribution in [-0.4, -0.2) is 35.5 Å². The minimum atomic E-state index is -1.48. The van der Waals surface area contributed by atoms with Crippen molar-refractivity contribution in [3.05, 3.63) is 90.0 Å². The van der Waals surface area contributed by atoms with Crippen LogP contribution in [0.4, 0.5) is 0 Å². The van der Waals surface area contributed by atoms with Crippen LogP contribution in [0.1, 0.15) is 33.6 Å². The molecule has 2 amide bonds. The second-order valence-corrected chi connectivity index (χ2v) is 7.46. The van der Waals surface area contributed by atoms with E-state index >= 15 is 0 Å². The van der Waals surface area contributed by atoms with Gasteiger partial charge in [0, 0.05) is 17.7 Å². The summed E-state index contributed by atoms with van der Waals surface area (Å²) in [4.78, 5) is 22.5. The van der Waals surface area contributed by atoms with Crippen LogP contribution in [0, 0.1) is 5.92 Å². The van der Waals surface area contributed by atoms with Crippen molar-refractivity contribution in [1.82, 2.24) is 5.32 Å². The molecule has 0 atom stereocenters. The molecule has 31 heavy (non-hydrogen) atoms. The number of benzene rings is 3. The Morgan fingerprint density at radius 3 is 1.90 bits per heavy atom. The Balaban J connectivity index is 0.000000176. The number of nitrogens with two attached hydrogens (primary N) is 1. The summed E-state index contributed by atoms with van der Waals surface area (Å²) in [5.41, 5.74) is 8.85. The first-order chi connectivity index (χ1) is 14.9. The van der Waals surface area contributed by atoms with Gasteiger partial charge in [-0.2, -0.15) is 0 Å². The molecule has 1 fully saturated rings. The van der Waals surface area contributed by atoms with E-state index in [-0.39, 0.29) is 5.91 Å². The molecule has 0 aromatic heterocycles. The third-order valence-electron chi connectivity index (χ3n) is 5.00. The van der Waals surface area contributed by atoms with Crippen LogP contribution in [0.15, 0.2) is 78.9 Å². The summed E-state index contributed by atoms with van der Waals surface area (Å²) in [5, 5.41) is 20.6.